The van der Waals surface area contributed by atoms with Crippen molar-refractivity contribution in [1.82, 2.24) is 5.32 Å². The van der Waals surface area contributed by atoms with Crippen LogP contribution >= 0.6 is 0 Å². The van der Waals surface area contributed by atoms with Crippen molar-refractivity contribution in [2.45, 2.75) is 128 Å². The average Bonchev–Trinajstić information content (AvgIpc) is 2.58. The molecule has 1 rings (SSSR count). The molecule has 3 atom stereocenters. The average molecular weight is 340 g/mol. The van der Waals surface area contributed by atoms with Gasteiger partial charge in [0.15, 0.2) is 0 Å². The Balaban J connectivity index is 1.87. The number of Topliss-reactive ketones (excluding diaryl/α,β-unsaturated/α-hetero) is 1. The van der Waals surface area contributed by atoms with Crippen LogP contribution < -0.4 is 5.32 Å². The van der Waals surface area contributed by atoms with Crippen LogP contribution in [-0.2, 0) is 4.79 Å². The van der Waals surface area contributed by atoms with Crippen molar-refractivity contribution in [2.24, 2.45) is 0 Å². The van der Waals surface area contributed by atoms with Gasteiger partial charge in [-0.1, -0.05) is 77.6 Å². The molecule has 0 radical (unpaired) electrons. The molecule has 1 heterocycles. The number of aliphatic hydroxyl groups is 1. The van der Waals surface area contributed by atoms with Gasteiger partial charge in [0.05, 0.1) is 12.1 Å². The number of hydrogen-bond acceptors (Lipinski definition) is 3. The first kappa shape index (κ1) is 21.6. The smallest absolute Gasteiger partial charge is 0.149 e. The predicted octanol–water partition coefficient (Wildman–Crippen LogP) is 5.15. The van der Waals surface area contributed by atoms with Gasteiger partial charge in [-0.3, -0.25) is 4.79 Å². The van der Waals surface area contributed by atoms with Crippen LogP contribution in [0.5, 0.6) is 0 Å². The Hall–Kier alpha value is -0.410. The molecule has 1 aliphatic rings. The summed E-state index contributed by atoms with van der Waals surface area (Å²) >= 11 is 0. The minimum Gasteiger partial charge on any atom is -0.392 e. The molecule has 3 nitrogen and oxygen atoms in total. The van der Waals surface area contributed by atoms with Gasteiger partial charge in [0, 0.05) is 12.5 Å². The zero-order valence-electron chi connectivity index (χ0n) is 16.2. The summed E-state index contributed by atoms with van der Waals surface area (Å²) < 4.78 is 0. The van der Waals surface area contributed by atoms with Crippen LogP contribution in [0.15, 0.2) is 0 Å². The number of aliphatic hydroxyl groups excluding tert-OH is 1. The minimum absolute atomic E-state index is 0.0175. The lowest BCUT2D eigenvalue weighted by atomic mass is 9.92. The van der Waals surface area contributed by atoms with Gasteiger partial charge in [0.25, 0.3) is 0 Å². The number of ketones is 1. The lowest BCUT2D eigenvalue weighted by molar-refractivity contribution is -0.122. The summed E-state index contributed by atoms with van der Waals surface area (Å²) in [6, 6.07) is 0.0331. The van der Waals surface area contributed by atoms with E-state index in [1.165, 1.54) is 70.6 Å². The highest BCUT2D eigenvalue weighted by Gasteiger charge is 2.28. The molecule has 3 heteroatoms. The van der Waals surface area contributed by atoms with Gasteiger partial charge in [-0.15, -0.1) is 0 Å². The van der Waals surface area contributed by atoms with Gasteiger partial charge in [-0.05, 0) is 26.2 Å². The van der Waals surface area contributed by atoms with Gasteiger partial charge < -0.3 is 10.4 Å². The van der Waals surface area contributed by atoms with Crippen molar-refractivity contribution in [3.63, 3.8) is 0 Å². The predicted molar refractivity (Wildman–Crippen MR) is 102 cm³/mol. The molecule has 1 saturated heterocycles. The molecule has 0 unspecified atom stereocenters. The molecule has 142 valence electrons. The Morgan fingerprint density at radius 1 is 0.875 bits per heavy atom. The molecule has 0 saturated carbocycles. The van der Waals surface area contributed by atoms with E-state index in [9.17, 15) is 9.90 Å². The van der Waals surface area contributed by atoms with Crippen LogP contribution in [0.4, 0.5) is 0 Å². The molecule has 1 fully saturated rings. The molecular formula is C21H41NO2. The third kappa shape index (κ3) is 9.78. The maximum absolute atomic E-state index is 12.2. The summed E-state index contributed by atoms with van der Waals surface area (Å²) in [5, 5.41) is 13.0. The molecule has 0 amide bonds. The van der Waals surface area contributed by atoms with Gasteiger partial charge in [0.2, 0.25) is 0 Å². The second kappa shape index (κ2) is 13.8. The monoisotopic (exact) mass is 339 g/mol. The lowest BCUT2D eigenvalue weighted by Gasteiger charge is -2.31. The molecular weight excluding hydrogens is 298 g/mol. The summed E-state index contributed by atoms with van der Waals surface area (Å²) in [5.74, 6) is 0.348. The maximum Gasteiger partial charge on any atom is 0.149 e. The third-order valence-corrected chi connectivity index (χ3v) is 5.46. The van der Waals surface area contributed by atoms with E-state index >= 15 is 0 Å². The summed E-state index contributed by atoms with van der Waals surface area (Å²) in [6.45, 7) is 4.23. The molecule has 1 aliphatic heterocycles. The van der Waals surface area contributed by atoms with Gasteiger partial charge in [-0.2, -0.15) is 0 Å². The lowest BCUT2D eigenvalue weighted by Crippen LogP contribution is -2.51. The highest BCUT2D eigenvalue weighted by atomic mass is 16.3. The quantitative estimate of drug-likeness (QED) is 0.430. The Morgan fingerprint density at radius 3 is 1.88 bits per heavy atom. The van der Waals surface area contributed by atoms with E-state index in [4.69, 9.17) is 0 Å². The molecule has 0 aliphatic carbocycles. The van der Waals surface area contributed by atoms with Crippen LogP contribution in [-0.4, -0.2) is 29.1 Å². The second-order valence-corrected chi connectivity index (χ2v) is 7.76. The zero-order valence-corrected chi connectivity index (χ0v) is 16.2. The standard InChI is InChI=1S/C21H41NO2/c1-3-4-5-6-7-8-9-10-11-12-13-14-15-21(24)19-16-17-20(23)18(2)22-19/h18-20,22-23H,3-17H2,1-2H3/t18-,19-,20-/m1/s1. The number of hydrogen-bond donors (Lipinski definition) is 2. The fraction of sp³-hybridized carbons (Fsp3) is 0.952. The van der Waals surface area contributed by atoms with Crippen molar-refractivity contribution in [2.75, 3.05) is 0 Å². The van der Waals surface area contributed by atoms with Crippen LogP contribution in [0.3, 0.4) is 0 Å². The van der Waals surface area contributed by atoms with Crippen LogP contribution in [0, 0.1) is 0 Å². The minimum atomic E-state index is -0.291. The fourth-order valence-corrected chi connectivity index (χ4v) is 3.67. The van der Waals surface area contributed by atoms with E-state index in [-0.39, 0.29) is 18.2 Å². The fourth-order valence-electron chi connectivity index (χ4n) is 3.67. The first-order valence-corrected chi connectivity index (χ1v) is 10.6. The zero-order chi connectivity index (χ0) is 17.6. The van der Waals surface area contributed by atoms with E-state index in [0.717, 1.165) is 19.3 Å². The van der Waals surface area contributed by atoms with Gasteiger partial charge >= 0.3 is 0 Å². The number of carbonyl (C=O) groups excluding carboxylic acids is 1. The number of nitrogens with one attached hydrogen (secondary N) is 1. The molecule has 24 heavy (non-hydrogen) atoms. The highest BCUT2D eigenvalue weighted by molar-refractivity contribution is 5.84. The van der Waals surface area contributed by atoms with E-state index in [1.54, 1.807) is 0 Å². The Labute approximate surface area is 150 Å². The molecule has 0 bridgehead atoms. The first-order valence-electron chi connectivity index (χ1n) is 10.6. The molecule has 0 aromatic heterocycles. The van der Waals surface area contributed by atoms with E-state index in [1.807, 2.05) is 6.92 Å². The van der Waals surface area contributed by atoms with E-state index < -0.39 is 0 Å². The maximum atomic E-state index is 12.2. The molecule has 0 spiro atoms. The van der Waals surface area contributed by atoms with Crippen molar-refractivity contribution in [3.05, 3.63) is 0 Å². The normalized spacial score (nSPS) is 24.2. The van der Waals surface area contributed by atoms with E-state index in [0.29, 0.717) is 12.2 Å². The summed E-state index contributed by atoms with van der Waals surface area (Å²) in [5.41, 5.74) is 0. The van der Waals surface area contributed by atoms with E-state index in [2.05, 4.69) is 12.2 Å². The molecule has 0 aromatic rings. The number of carbonyl (C=O) groups is 1. The summed E-state index contributed by atoms with van der Waals surface area (Å²) in [6.07, 6.45) is 17.9. The second-order valence-electron chi connectivity index (χ2n) is 7.76. The summed E-state index contributed by atoms with van der Waals surface area (Å²) in [7, 11) is 0. The van der Waals surface area contributed by atoms with Crippen molar-refractivity contribution < 1.29 is 9.90 Å². The van der Waals surface area contributed by atoms with Gasteiger partial charge in [-0.25, -0.2) is 0 Å². The summed E-state index contributed by atoms with van der Waals surface area (Å²) in [4.78, 5) is 12.2. The Morgan fingerprint density at radius 2 is 1.38 bits per heavy atom. The Bertz CT molecular complexity index is 319. The SMILES string of the molecule is CCCCCCCCCCCCCCC(=O)[C@H]1CC[C@@H](O)[C@@H](C)N1. The Kier molecular flexibility index (Phi) is 12.5. The number of rotatable bonds is 14. The van der Waals surface area contributed by atoms with Crippen molar-refractivity contribution >= 4 is 5.78 Å². The van der Waals surface area contributed by atoms with Crippen molar-refractivity contribution in [3.8, 4) is 0 Å². The van der Waals surface area contributed by atoms with Gasteiger partial charge in [0.1, 0.15) is 5.78 Å². The van der Waals surface area contributed by atoms with Crippen molar-refractivity contribution in [1.29, 1.82) is 0 Å². The molecule has 2 N–H and O–H groups in total. The van der Waals surface area contributed by atoms with Crippen LogP contribution in [0.1, 0.15) is 110 Å². The largest absolute Gasteiger partial charge is 0.392 e. The first-order chi connectivity index (χ1) is 11.6. The molecule has 0 aromatic carbocycles. The topological polar surface area (TPSA) is 49.3 Å². The number of piperidine rings is 1. The third-order valence-electron chi connectivity index (χ3n) is 5.46. The number of unbranched alkanes of at least 4 members (excludes halogenated alkanes) is 11. The van der Waals surface area contributed by atoms with Crippen LogP contribution in [0.2, 0.25) is 0 Å². The highest BCUT2D eigenvalue weighted by Crippen LogP contribution is 2.17. The van der Waals surface area contributed by atoms with Crippen LogP contribution in [0.25, 0.3) is 0 Å².